The number of nitrogens with one attached hydrogen (secondary N) is 1. The highest BCUT2D eigenvalue weighted by atomic mass is 31.1. The Bertz CT molecular complexity index is 601. The largest absolute Gasteiger partial charge is 0.548 e. The number of benzene rings is 1. The molecular weight excluding hydrogens is 249 g/mol. The fourth-order valence-electron chi connectivity index (χ4n) is 1.61. The highest BCUT2D eigenvalue weighted by Crippen LogP contribution is 2.21. The van der Waals surface area contributed by atoms with Gasteiger partial charge in [-0.1, -0.05) is 12.1 Å². The van der Waals surface area contributed by atoms with Crippen molar-refractivity contribution in [2.24, 2.45) is 0 Å². The molecule has 6 heteroatoms. The maximum Gasteiger partial charge on any atom is 0.548 e. The molecular formula is C12H11N3O2P+. The summed E-state index contributed by atoms with van der Waals surface area (Å²) in [6.07, 6.45) is 5.79. The van der Waals surface area contributed by atoms with Crippen molar-refractivity contribution in [2.45, 2.75) is 6.42 Å². The second-order valence-corrected chi connectivity index (χ2v) is 4.73. The average molecular weight is 260 g/mol. The summed E-state index contributed by atoms with van der Waals surface area (Å²) in [4.78, 5) is 12.3. The molecule has 1 aromatic carbocycles. The lowest BCUT2D eigenvalue weighted by Crippen LogP contribution is -2.10. The maximum atomic E-state index is 11.2. The monoisotopic (exact) mass is 260 g/mol. The van der Waals surface area contributed by atoms with E-state index in [1.165, 1.54) is 0 Å². The number of hydrogen-bond donors (Lipinski definition) is 2. The van der Waals surface area contributed by atoms with E-state index < -0.39 is 8.03 Å². The summed E-state index contributed by atoms with van der Waals surface area (Å²) in [6.45, 7) is 0. The van der Waals surface area contributed by atoms with Crippen LogP contribution in [0.15, 0.2) is 48.2 Å². The fraction of sp³-hybridized carbons (Fsp3) is 0.0833. The van der Waals surface area contributed by atoms with Gasteiger partial charge in [0.15, 0.2) is 0 Å². The zero-order valence-corrected chi connectivity index (χ0v) is 10.3. The van der Waals surface area contributed by atoms with Crippen LogP contribution >= 0.6 is 8.03 Å². The smallest absolute Gasteiger partial charge is 0.361 e. The lowest BCUT2D eigenvalue weighted by molar-refractivity contribution is -0.00540. The fourth-order valence-corrected chi connectivity index (χ4v) is 2.16. The molecule has 1 unspecified atom stereocenters. The number of allylic oxidation sites excluding steroid dienone is 3. The first kappa shape index (κ1) is 12.4. The minimum atomic E-state index is -2.38. The Morgan fingerprint density at radius 3 is 2.72 bits per heavy atom. The molecule has 0 saturated heterocycles. The van der Waals surface area contributed by atoms with Crippen molar-refractivity contribution in [3.8, 4) is 0 Å². The number of rotatable bonds is 3. The van der Waals surface area contributed by atoms with E-state index in [1.54, 1.807) is 36.4 Å². The van der Waals surface area contributed by atoms with Crippen LogP contribution in [0.3, 0.4) is 0 Å². The van der Waals surface area contributed by atoms with E-state index >= 15 is 0 Å². The van der Waals surface area contributed by atoms with Crippen molar-refractivity contribution in [1.82, 2.24) is 0 Å². The minimum Gasteiger partial charge on any atom is -0.361 e. The Labute approximate surface area is 105 Å². The molecule has 0 aromatic heterocycles. The lowest BCUT2D eigenvalue weighted by Gasteiger charge is -2.08. The molecule has 5 nitrogen and oxygen atoms in total. The van der Waals surface area contributed by atoms with Crippen LogP contribution in [0.5, 0.6) is 0 Å². The van der Waals surface area contributed by atoms with Crippen LogP contribution in [0.4, 0.5) is 5.69 Å². The second kappa shape index (κ2) is 5.52. The van der Waals surface area contributed by atoms with Gasteiger partial charge in [-0.2, -0.15) is 9.68 Å². The third-order valence-corrected chi connectivity index (χ3v) is 3.31. The van der Waals surface area contributed by atoms with Crippen molar-refractivity contribution in [3.63, 3.8) is 0 Å². The first-order chi connectivity index (χ1) is 8.70. The molecule has 0 aliphatic heterocycles. The Balaban J connectivity index is 2.21. The van der Waals surface area contributed by atoms with E-state index in [0.717, 1.165) is 5.70 Å². The Morgan fingerprint density at radius 1 is 1.33 bits per heavy atom. The molecule has 0 spiro atoms. The molecule has 18 heavy (non-hydrogen) atoms. The van der Waals surface area contributed by atoms with Gasteiger partial charge < -0.3 is 10.8 Å². The molecule has 1 atom stereocenters. The van der Waals surface area contributed by atoms with Gasteiger partial charge in [0.1, 0.15) is 0 Å². The number of anilines is 1. The van der Waals surface area contributed by atoms with E-state index in [2.05, 4.69) is 10.1 Å². The minimum absolute atomic E-state index is 0.364. The van der Waals surface area contributed by atoms with Crippen molar-refractivity contribution in [1.29, 1.82) is 0 Å². The summed E-state index contributed by atoms with van der Waals surface area (Å²) in [6, 6.07) is 6.85. The summed E-state index contributed by atoms with van der Waals surface area (Å²) in [5.74, 6) is 0. The lowest BCUT2D eigenvalue weighted by atomic mass is 10.1. The van der Waals surface area contributed by atoms with Gasteiger partial charge in [0.05, 0.1) is 12.1 Å². The molecule has 1 aliphatic rings. The van der Waals surface area contributed by atoms with Gasteiger partial charge in [-0.15, -0.1) is 0 Å². The average Bonchev–Trinajstić information content (AvgIpc) is 2.40. The SMILES string of the molecule is [N-]=[N+]=C1C=CC(Nc2ccccc2[P+](=O)O)=CC1. The second-order valence-electron chi connectivity index (χ2n) is 3.70. The summed E-state index contributed by atoms with van der Waals surface area (Å²) in [5, 5.41) is 3.43. The molecule has 1 aromatic rings. The van der Waals surface area contributed by atoms with Gasteiger partial charge >= 0.3 is 8.03 Å². The third-order valence-electron chi connectivity index (χ3n) is 2.50. The van der Waals surface area contributed by atoms with Gasteiger partial charge in [-0.3, -0.25) is 0 Å². The molecule has 0 bridgehead atoms. The molecule has 1 aliphatic carbocycles. The van der Waals surface area contributed by atoms with E-state index in [-0.39, 0.29) is 0 Å². The summed E-state index contributed by atoms with van der Waals surface area (Å²) < 4.78 is 11.2. The highest BCUT2D eigenvalue weighted by Gasteiger charge is 2.21. The van der Waals surface area contributed by atoms with Crippen LogP contribution in [0, 0.1) is 0 Å². The van der Waals surface area contributed by atoms with Gasteiger partial charge in [-0.05, 0) is 28.8 Å². The molecule has 0 fully saturated rings. The van der Waals surface area contributed by atoms with Crippen LogP contribution in [0.1, 0.15) is 6.42 Å². The van der Waals surface area contributed by atoms with Crippen LogP contribution < -0.4 is 10.6 Å². The highest BCUT2D eigenvalue weighted by molar-refractivity contribution is 7.47. The Kier molecular flexibility index (Phi) is 3.80. The summed E-state index contributed by atoms with van der Waals surface area (Å²) in [5.41, 5.74) is 10.6. The van der Waals surface area contributed by atoms with Crippen molar-refractivity contribution >= 4 is 24.7 Å². The molecule has 2 N–H and O–H groups in total. The van der Waals surface area contributed by atoms with Crippen LogP contribution in [0.2, 0.25) is 0 Å². The summed E-state index contributed by atoms with van der Waals surface area (Å²) in [7, 11) is -2.38. The molecule has 90 valence electrons. The quantitative estimate of drug-likeness (QED) is 0.495. The number of hydrogen-bond acceptors (Lipinski definition) is 2. The first-order valence-corrected chi connectivity index (χ1v) is 6.53. The van der Waals surface area contributed by atoms with Crippen LogP contribution in [0.25, 0.3) is 5.53 Å². The molecule has 0 heterocycles. The van der Waals surface area contributed by atoms with Crippen molar-refractivity contribution < 1.29 is 14.2 Å². The van der Waals surface area contributed by atoms with Gasteiger partial charge in [0.2, 0.25) is 5.30 Å². The molecule has 0 amide bonds. The van der Waals surface area contributed by atoms with E-state index in [9.17, 15) is 9.46 Å². The number of nitrogens with zero attached hydrogens (tertiary/aromatic N) is 2. The molecule has 2 rings (SSSR count). The predicted molar refractivity (Wildman–Crippen MR) is 70.0 cm³/mol. The number of para-hydroxylation sites is 1. The van der Waals surface area contributed by atoms with Gasteiger partial charge in [0, 0.05) is 11.8 Å². The predicted octanol–water partition coefficient (Wildman–Crippen LogP) is 1.97. The van der Waals surface area contributed by atoms with E-state index in [0.29, 0.717) is 23.1 Å². The third kappa shape index (κ3) is 2.79. The van der Waals surface area contributed by atoms with Crippen molar-refractivity contribution in [3.05, 3.63) is 53.7 Å². The molecule has 0 saturated carbocycles. The van der Waals surface area contributed by atoms with Gasteiger partial charge in [0.25, 0.3) is 5.71 Å². The normalized spacial score (nSPS) is 14.8. The Morgan fingerprint density at radius 2 is 2.11 bits per heavy atom. The van der Waals surface area contributed by atoms with Gasteiger partial charge in [-0.25, -0.2) is 0 Å². The van der Waals surface area contributed by atoms with Crippen LogP contribution in [-0.2, 0) is 4.57 Å². The zero-order chi connectivity index (χ0) is 13.0. The summed E-state index contributed by atoms with van der Waals surface area (Å²) >= 11 is 0. The van der Waals surface area contributed by atoms with E-state index in [1.807, 2.05) is 6.08 Å². The standard InChI is InChI=1S/C12H10N3O2P/c13-15-10-7-5-9(6-8-10)14-11-3-1-2-4-12(11)18(16)17/h1-7,14H,8H2/p+1. The molecule has 0 radical (unpaired) electrons. The first-order valence-electron chi connectivity index (χ1n) is 5.32. The van der Waals surface area contributed by atoms with E-state index in [4.69, 9.17) is 5.53 Å². The Hall–Kier alpha value is -2.06. The topological polar surface area (TPSA) is 85.7 Å². The van der Waals surface area contributed by atoms with Crippen LogP contribution in [-0.4, -0.2) is 15.4 Å². The van der Waals surface area contributed by atoms with Crippen molar-refractivity contribution in [2.75, 3.05) is 5.32 Å². The zero-order valence-electron chi connectivity index (χ0n) is 9.45. The maximum absolute atomic E-state index is 11.2.